The monoisotopic (exact) mass is 428 g/mol. The molecule has 0 aliphatic carbocycles. The Balaban J connectivity index is 1.82. The number of pyridine rings is 2. The number of hydrogen-bond donors (Lipinski definition) is 0. The zero-order chi connectivity index (χ0) is 22.6. The van der Waals surface area contributed by atoms with Gasteiger partial charge in [-0.25, -0.2) is 9.78 Å². The number of nitrogens with zero attached hydrogens (tertiary/aromatic N) is 6. The van der Waals surface area contributed by atoms with E-state index in [1.807, 2.05) is 42.1 Å². The van der Waals surface area contributed by atoms with Gasteiger partial charge in [0.1, 0.15) is 0 Å². The Hall–Kier alpha value is -3.94. The summed E-state index contributed by atoms with van der Waals surface area (Å²) in [4.78, 5) is 22.3. The maximum absolute atomic E-state index is 13.3. The number of hydrogen-bond acceptors (Lipinski definition) is 5. The van der Waals surface area contributed by atoms with Crippen molar-refractivity contribution >= 4 is 21.9 Å². The van der Waals surface area contributed by atoms with Crippen molar-refractivity contribution in [3.63, 3.8) is 0 Å². The van der Waals surface area contributed by atoms with E-state index < -0.39 is 0 Å². The van der Waals surface area contributed by atoms with Gasteiger partial charge in [0.15, 0.2) is 0 Å². The van der Waals surface area contributed by atoms with Gasteiger partial charge in [0.05, 0.1) is 41.2 Å². The van der Waals surface area contributed by atoms with Crippen molar-refractivity contribution in [2.45, 2.75) is 26.8 Å². The van der Waals surface area contributed by atoms with Gasteiger partial charge in [-0.3, -0.25) is 18.8 Å². The van der Waals surface area contributed by atoms with Crippen LogP contribution < -0.4 is 10.4 Å². The first-order valence-electron chi connectivity index (χ1n) is 10.5. The van der Waals surface area contributed by atoms with Gasteiger partial charge >= 0.3 is 5.69 Å². The van der Waals surface area contributed by atoms with E-state index in [2.05, 4.69) is 35.0 Å². The van der Waals surface area contributed by atoms with E-state index in [1.165, 1.54) is 0 Å². The van der Waals surface area contributed by atoms with Gasteiger partial charge < -0.3 is 4.74 Å². The average molecular weight is 428 g/mol. The first-order valence-corrected chi connectivity index (χ1v) is 10.5. The van der Waals surface area contributed by atoms with Crippen molar-refractivity contribution in [2.24, 2.45) is 7.05 Å². The first-order chi connectivity index (χ1) is 15.4. The minimum Gasteiger partial charge on any atom is -0.481 e. The lowest BCUT2D eigenvalue weighted by Gasteiger charge is -2.08. The van der Waals surface area contributed by atoms with E-state index in [1.54, 1.807) is 35.7 Å². The molecular weight excluding hydrogens is 404 g/mol. The Kier molecular flexibility index (Phi) is 4.58. The molecule has 5 rings (SSSR count). The molecule has 0 saturated heterocycles. The van der Waals surface area contributed by atoms with Crippen LogP contribution >= 0.6 is 0 Å². The lowest BCUT2D eigenvalue weighted by Crippen LogP contribution is -2.21. The summed E-state index contributed by atoms with van der Waals surface area (Å²) in [5.41, 5.74) is 5.79. The Labute approximate surface area is 184 Å². The number of imidazole rings is 1. The van der Waals surface area contributed by atoms with Gasteiger partial charge in [-0.15, -0.1) is 0 Å². The third kappa shape index (κ3) is 2.98. The van der Waals surface area contributed by atoms with Crippen molar-refractivity contribution in [3.8, 4) is 22.7 Å². The summed E-state index contributed by atoms with van der Waals surface area (Å²) in [7, 11) is 3.37. The average Bonchev–Trinajstić information content (AvgIpc) is 3.31. The molecule has 0 bridgehead atoms. The highest BCUT2D eigenvalue weighted by atomic mass is 16.5. The predicted molar refractivity (Wildman–Crippen MR) is 125 cm³/mol. The lowest BCUT2D eigenvalue weighted by atomic mass is 10.0. The molecule has 0 radical (unpaired) electrons. The summed E-state index contributed by atoms with van der Waals surface area (Å²) in [5.74, 6) is 0.563. The van der Waals surface area contributed by atoms with E-state index in [0.717, 1.165) is 44.4 Å². The van der Waals surface area contributed by atoms with E-state index >= 15 is 0 Å². The second-order valence-corrected chi connectivity index (χ2v) is 8.16. The maximum atomic E-state index is 13.3. The zero-order valence-corrected chi connectivity index (χ0v) is 18.7. The molecule has 0 fully saturated rings. The number of aryl methyl sites for hydroxylation is 2. The lowest BCUT2D eigenvalue weighted by molar-refractivity contribution is 0.398. The third-order valence-corrected chi connectivity index (χ3v) is 5.82. The van der Waals surface area contributed by atoms with E-state index in [-0.39, 0.29) is 11.7 Å². The second kappa shape index (κ2) is 7.33. The van der Waals surface area contributed by atoms with Crippen LogP contribution in [0.1, 0.15) is 25.6 Å². The van der Waals surface area contributed by atoms with Crippen LogP contribution in [0, 0.1) is 6.92 Å². The predicted octanol–water partition coefficient (Wildman–Crippen LogP) is 4.03. The molecule has 0 atom stereocenters. The Morgan fingerprint density at radius 1 is 1.03 bits per heavy atom. The third-order valence-electron chi connectivity index (χ3n) is 5.82. The van der Waals surface area contributed by atoms with Crippen molar-refractivity contribution in [1.82, 2.24) is 28.9 Å². The molecule has 4 aromatic heterocycles. The normalized spacial score (nSPS) is 11.7. The highest BCUT2D eigenvalue weighted by Gasteiger charge is 2.20. The van der Waals surface area contributed by atoms with Crippen LogP contribution in [0.3, 0.4) is 0 Å². The molecule has 0 amide bonds. The molecule has 1 aromatic carbocycles. The fourth-order valence-corrected chi connectivity index (χ4v) is 4.03. The topological polar surface area (TPSA) is 79.8 Å². The highest BCUT2D eigenvalue weighted by Crippen LogP contribution is 2.30. The van der Waals surface area contributed by atoms with E-state index in [0.29, 0.717) is 5.88 Å². The molecule has 162 valence electrons. The van der Waals surface area contributed by atoms with Gasteiger partial charge in [0.2, 0.25) is 5.88 Å². The molecule has 0 saturated carbocycles. The molecule has 0 aliphatic heterocycles. The number of aromatic nitrogens is 6. The summed E-state index contributed by atoms with van der Waals surface area (Å²) in [6.45, 7) is 6.06. The highest BCUT2D eigenvalue weighted by molar-refractivity contribution is 6.04. The molecule has 32 heavy (non-hydrogen) atoms. The minimum atomic E-state index is -0.128. The smallest absolute Gasteiger partial charge is 0.333 e. The fraction of sp³-hybridized carbons (Fsp3) is 0.250. The quantitative estimate of drug-likeness (QED) is 0.432. The molecule has 0 unspecified atom stereocenters. The van der Waals surface area contributed by atoms with Crippen molar-refractivity contribution in [1.29, 1.82) is 0 Å². The van der Waals surface area contributed by atoms with Crippen LogP contribution in [0.15, 0.2) is 53.7 Å². The van der Waals surface area contributed by atoms with Crippen LogP contribution in [-0.4, -0.2) is 36.0 Å². The van der Waals surface area contributed by atoms with Crippen molar-refractivity contribution in [2.75, 3.05) is 7.11 Å². The summed E-state index contributed by atoms with van der Waals surface area (Å²) >= 11 is 0. The molecular formula is C24H24N6O2. The summed E-state index contributed by atoms with van der Waals surface area (Å²) in [5, 5.41) is 5.51. The summed E-state index contributed by atoms with van der Waals surface area (Å²) in [6, 6.07) is 10.0. The van der Waals surface area contributed by atoms with Crippen LogP contribution in [0.4, 0.5) is 0 Å². The molecule has 8 nitrogen and oxygen atoms in total. The first kappa shape index (κ1) is 20.0. The van der Waals surface area contributed by atoms with Crippen LogP contribution in [0.2, 0.25) is 0 Å². The van der Waals surface area contributed by atoms with E-state index in [4.69, 9.17) is 4.74 Å². The molecule has 8 heteroatoms. The standard InChI is InChI=1S/C24H24N6O2/c1-14(2)29-13-21(15(3)27-29)30-23-18-10-16(17-7-9-22(32-5)26-11-17)6-8-19(18)25-12-20(23)28(4)24(30)31/h6-14H,1-5H3. The molecule has 0 aliphatic rings. The largest absolute Gasteiger partial charge is 0.481 e. The maximum Gasteiger partial charge on any atom is 0.333 e. The van der Waals surface area contributed by atoms with Gasteiger partial charge in [-0.1, -0.05) is 6.07 Å². The van der Waals surface area contributed by atoms with Gasteiger partial charge in [-0.2, -0.15) is 5.10 Å². The Bertz CT molecular complexity index is 1520. The van der Waals surface area contributed by atoms with Crippen LogP contribution in [-0.2, 0) is 7.05 Å². The molecule has 0 spiro atoms. The molecule has 4 heterocycles. The van der Waals surface area contributed by atoms with Crippen molar-refractivity contribution < 1.29 is 4.74 Å². The Morgan fingerprint density at radius 3 is 2.47 bits per heavy atom. The van der Waals surface area contributed by atoms with Crippen LogP contribution in [0.5, 0.6) is 5.88 Å². The number of fused-ring (bicyclic) bond motifs is 3. The summed E-state index contributed by atoms with van der Waals surface area (Å²) < 4.78 is 10.4. The zero-order valence-electron chi connectivity index (χ0n) is 18.7. The minimum absolute atomic E-state index is 0.128. The van der Waals surface area contributed by atoms with Crippen molar-refractivity contribution in [3.05, 3.63) is 65.1 Å². The number of rotatable bonds is 4. The van der Waals surface area contributed by atoms with Crippen LogP contribution in [0.25, 0.3) is 38.8 Å². The second-order valence-electron chi connectivity index (χ2n) is 8.16. The Morgan fingerprint density at radius 2 is 1.81 bits per heavy atom. The number of benzene rings is 1. The number of ether oxygens (including phenoxy) is 1. The fourth-order valence-electron chi connectivity index (χ4n) is 4.03. The van der Waals surface area contributed by atoms with Gasteiger partial charge in [0, 0.05) is 42.5 Å². The number of methoxy groups -OCH3 is 1. The molecule has 0 N–H and O–H groups in total. The molecule has 5 aromatic rings. The summed E-state index contributed by atoms with van der Waals surface area (Å²) in [6.07, 6.45) is 5.47. The van der Waals surface area contributed by atoms with Gasteiger partial charge in [-0.05, 0) is 44.5 Å². The van der Waals surface area contributed by atoms with E-state index in [9.17, 15) is 4.79 Å². The SMILES string of the molecule is COc1ccc(-c2ccc3ncc4c(c3c2)n(-c2cn(C(C)C)nc2C)c(=O)n4C)cn1. The van der Waals surface area contributed by atoms with Gasteiger partial charge in [0.25, 0.3) is 0 Å².